The zero-order valence-electron chi connectivity index (χ0n) is 16.5. The lowest BCUT2D eigenvalue weighted by Gasteiger charge is -2.59. The Hall–Kier alpha value is -1.33. The molecule has 7 atom stereocenters. The number of allylic oxidation sites excluding steroid dienone is 1. The first-order valence-electron chi connectivity index (χ1n) is 10.2. The molecule has 5 heteroatoms. The lowest BCUT2D eigenvalue weighted by Crippen LogP contribution is -2.61. The molecule has 27 heavy (non-hydrogen) atoms. The summed E-state index contributed by atoms with van der Waals surface area (Å²) in [5.41, 5.74) is -1.60. The highest BCUT2D eigenvalue weighted by molar-refractivity contribution is 5.94. The number of carbonyl (C=O) groups is 3. The van der Waals surface area contributed by atoms with Crippen LogP contribution in [0.2, 0.25) is 0 Å². The van der Waals surface area contributed by atoms with Gasteiger partial charge in [0.05, 0.1) is 0 Å². The van der Waals surface area contributed by atoms with Crippen molar-refractivity contribution in [2.75, 3.05) is 6.61 Å². The van der Waals surface area contributed by atoms with E-state index >= 15 is 0 Å². The summed E-state index contributed by atoms with van der Waals surface area (Å²) in [4.78, 5) is 37.8. The van der Waals surface area contributed by atoms with Gasteiger partial charge in [0.25, 0.3) is 0 Å². The van der Waals surface area contributed by atoms with Crippen LogP contribution >= 0.6 is 0 Å². The quantitative estimate of drug-likeness (QED) is 0.773. The second-order valence-electron chi connectivity index (χ2n) is 9.91. The number of carbonyl (C=O) groups excluding carboxylic acids is 3. The fourth-order valence-corrected chi connectivity index (χ4v) is 7.41. The smallest absolute Gasteiger partial charge is 0.190 e. The van der Waals surface area contributed by atoms with E-state index < -0.39 is 23.4 Å². The Morgan fingerprint density at radius 2 is 1.96 bits per heavy atom. The van der Waals surface area contributed by atoms with Crippen LogP contribution in [0.3, 0.4) is 0 Å². The zero-order chi connectivity index (χ0) is 19.8. The summed E-state index contributed by atoms with van der Waals surface area (Å²) >= 11 is 0. The van der Waals surface area contributed by atoms with Crippen molar-refractivity contribution in [2.45, 2.75) is 64.9 Å². The van der Waals surface area contributed by atoms with Gasteiger partial charge in [-0.15, -0.1) is 0 Å². The van der Waals surface area contributed by atoms with Gasteiger partial charge in [-0.3, -0.25) is 14.4 Å². The van der Waals surface area contributed by atoms with Crippen LogP contribution in [0, 0.1) is 34.5 Å². The van der Waals surface area contributed by atoms with Crippen LogP contribution in [0.5, 0.6) is 0 Å². The molecule has 0 saturated heterocycles. The van der Waals surface area contributed by atoms with Gasteiger partial charge in [-0.2, -0.15) is 0 Å². The molecule has 0 heterocycles. The van der Waals surface area contributed by atoms with E-state index in [1.807, 2.05) is 6.92 Å². The lowest BCUT2D eigenvalue weighted by atomic mass is 9.44. The standard InChI is InChI=1S/C22H30O5/c1-12-8-14-15-5-7-22(27,18(26)11-23)21(15,3)10-17(25)19(14)20(2)6-4-13(24)9-16(12)20/h9,12,14-15,19,23,27H,4-8,10-11H2,1-3H3/t12-,14-,15-,19+,20-,21-,22-/m0/s1. The largest absolute Gasteiger partial charge is 0.388 e. The predicted octanol–water partition coefficient (Wildman–Crippen LogP) is 2.24. The van der Waals surface area contributed by atoms with Crippen molar-refractivity contribution in [3.05, 3.63) is 11.6 Å². The van der Waals surface area contributed by atoms with Gasteiger partial charge in [0.15, 0.2) is 11.6 Å². The van der Waals surface area contributed by atoms with Crippen molar-refractivity contribution >= 4 is 17.3 Å². The van der Waals surface area contributed by atoms with Crippen LogP contribution in [-0.2, 0) is 14.4 Å². The predicted molar refractivity (Wildman–Crippen MR) is 98.7 cm³/mol. The molecule has 0 aromatic rings. The van der Waals surface area contributed by atoms with E-state index in [9.17, 15) is 24.6 Å². The Balaban J connectivity index is 1.78. The molecule has 0 radical (unpaired) electrons. The van der Waals surface area contributed by atoms with Crippen LogP contribution < -0.4 is 0 Å². The second kappa shape index (κ2) is 5.84. The van der Waals surface area contributed by atoms with Gasteiger partial charge in [-0.1, -0.05) is 26.3 Å². The first-order valence-corrected chi connectivity index (χ1v) is 10.2. The first-order chi connectivity index (χ1) is 12.6. The van der Waals surface area contributed by atoms with E-state index in [1.54, 1.807) is 6.08 Å². The first kappa shape index (κ1) is 19.0. The van der Waals surface area contributed by atoms with Crippen molar-refractivity contribution < 1.29 is 24.6 Å². The Morgan fingerprint density at radius 3 is 2.63 bits per heavy atom. The minimum Gasteiger partial charge on any atom is -0.388 e. The molecule has 0 aromatic heterocycles. The van der Waals surface area contributed by atoms with Crippen LogP contribution in [0.15, 0.2) is 11.6 Å². The highest BCUT2D eigenvalue weighted by atomic mass is 16.3. The molecule has 3 fully saturated rings. The highest BCUT2D eigenvalue weighted by Gasteiger charge is 2.68. The molecule has 2 N–H and O–H groups in total. The molecule has 4 rings (SSSR count). The van der Waals surface area contributed by atoms with Crippen molar-refractivity contribution in [2.24, 2.45) is 34.5 Å². The fourth-order valence-electron chi connectivity index (χ4n) is 7.41. The summed E-state index contributed by atoms with van der Waals surface area (Å²) in [6.45, 7) is 5.45. The molecule has 0 amide bonds. The maximum Gasteiger partial charge on any atom is 0.190 e. The van der Waals surface area contributed by atoms with Crippen LogP contribution in [0.4, 0.5) is 0 Å². The lowest BCUT2D eigenvalue weighted by molar-refractivity contribution is -0.171. The van der Waals surface area contributed by atoms with Gasteiger partial charge in [-0.25, -0.2) is 0 Å². The van der Waals surface area contributed by atoms with E-state index in [2.05, 4.69) is 13.8 Å². The Morgan fingerprint density at radius 1 is 1.26 bits per heavy atom. The third kappa shape index (κ3) is 2.27. The van der Waals surface area contributed by atoms with Crippen LogP contribution in [-0.4, -0.2) is 39.8 Å². The Bertz CT molecular complexity index is 754. The molecule has 0 aromatic carbocycles. The maximum atomic E-state index is 13.4. The number of fused-ring (bicyclic) bond motifs is 5. The average Bonchev–Trinajstić information content (AvgIpc) is 2.87. The molecular formula is C22H30O5. The van der Waals surface area contributed by atoms with E-state index in [0.717, 1.165) is 12.0 Å². The maximum absolute atomic E-state index is 13.4. The molecule has 4 aliphatic rings. The van der Waals surface area contributed by atoms with Gasteiger partial charge >= 0.3 is 0 Å². The number of aliphatic hydroxyl groups is 2. The number of aliphatic hydroxyl groups excluding tert-OH is 1. The molecule has 148 valence electrons. The Kier molecular flexibility index (Phi) is 4.11. The summed E-state index contributed by atoms with van der Waals surface area (Å²) in [6, 6.07) is 0. The second-order valence-corrected chi connectivity index (χ2v) is 9.91. The molecule has 0 bridgehead atoms. The van der Waals surface area contributed by atoms with Crippen molar-refractivity contribution in [1.82, 2.24) is 0 Å². The summed E-state index contributed by atoms with van der Waals surface area (Å²) in [7, 11) is 0. The number of hydrogen-bond donors (Lipinski definition) is 2. The van der Waals surface area contributed by atoms with Crippen molar-refractivity contribution in [1.29, 1.82) is 0 Å². The molecule has 0 unspecified atom stereocenters. The van der Waals surface area contributed by atoms with Crippen molar-refractivity contribution in [3.8, 4) is 0 Å². The number of Topliss-reactive ketones (excluding diaryl/α,β-unsaturated/α-hetero) is 2. The van der Waals surface area contributed by atoms with Gasteiger partial charge in [0.2, 0.25) is 0 Å². The average molecular weight is 374 g/mol. The van der Waals surface area contributed by atoms with Gasteiger partial charge < -0.3 is 10.2 Å². The minimum absolute atomic E-state index is 0.0825. The Labute approximate surface area is 160 Å². The van der Waals surface area contributed by atoms with E-state index in [-0.39, 0.29) is 47.1 Å². The molecular weight excluding hydrogens is 344 g/mol. The van der Waals surface area contributed by atoms with Crippen LogP contribution in [0.25, 0.3) is 0 Å². The molecule has 4 aliphatic carbocycles. The fraction of sp³-hybridized carbons (Fsp3) is 0.773. The monoisotopic (exact) mass is 374 g/mol. The van der Waals surface area contributed by atoms with Gasteiger partial charge in [-0.05, 0) is 54.9 Å². The molecule has 3 saturated carbocycles. The van der Waals surface area contributed by atoms with Gasteiger partial charge in [0, 0.05) is 24.2 Å². The third-order valence-corrected chi connectivity index (χ3v) is 8.73. The van der Waals surface area contributed by atoms with Gasteiger partial charge in [0.1, 0.15) is 18.0 Å². The topological polar surface area (TPSA) is 91.7 Å². The van der Waals surface area contributed by atoms with Crippen LogP contribution in [0.1, 0.15) is 59.3 Å². The summed E-state index contributed by atoms with van der Waals surface area (Å²) in [5.74, 6) is -0.0151. The number of rotatable bonds is 2. The highest BCUT2D eigenvalue weighted by Crippen LogP contribution is 2.67. The number of hydrogen-bond acceptors (Lipinski definition) is 5. The minimum atomic E-state index is -1.62. The summed E-state index contributed by atoms with van der Waals surface area (Å²) in [5, 5.41) is 20.6. The van der Waals surface area contributed by atoms with E-state index in [4.69, 9.17) is 0 Å². The number of ketones is 3. The molecule has 5 nitrogen and oxygen atoms in total. The zero-order valence-corrected chi connectivity index (χ0v) is 16.5. The van der Waals surface area contributed by atoms with Crippen molar-refractivity contribution in [3.63, 3.8) is 0 Å². The molecule has 0 aliphatic heterocycles. The van der Waals surface area contributed by atoms with E-state index in [0.29, 0.717) is 25.7 Å². The SMILES string of the molecule is C[C@H]1C[C@@H]2[C@H](C(=O)C[C@@]3(C)[C@H]2CC[C@]3(O)C(=O)CO)[C@@]2(C)CCC(=O)C=C12. The third-order valence-electron chi connectivity index (χ3n) is 8.73. The summed E-state index contributed by atoms with van der Waals surface area (Å²) < 4.78 is 0. The molecule has 0 spiro atoms. The normalized spacial score (nSPS) is 49.1. The summed E-state index contributed by atoms with van der Waals surface area (Å²) in [6.07, 6.45) is 4.98. The van der Waals surface area contributed by atoms with E-state index in [1.165, 1.54) is 0 Å².